The Hall–Kier alpha value is -6.59. The quantitative estimate of drug-likeness (QED) is 0.0911. The number of nitro benzene ring substituents is 2. The number of ether oxygens (including phenoxy) is 2. The van der Waals surface area contributed by atoms with Crippen LogP contribution in [0.1, 0.15) is 44.4 Å². The molecule has 286 valence electrons. The number of nitrogens with one attached hydrogen (secondary N) is 1. The molecule has 0 unspecified atom stereocenters. The summed E-state index contributed by atoms with van der Waals surface area (Å²) in [5.74, 6) is 0.907. The van der Waals surface area contributed by atoms with E-state index in [2.05, 4.69) is 10.3 Å². The van der Waals surface area contributed by atoms with E-state index in [9.17, 15) is 29.8 Å². The van der Waals surface area contributed by atoms with E-state index in [0.29, 0.717) is 49.1 Å². The lowest BCUT2D eigenvalue weighted by molar-refractivity contribution is -0.385. The van der Waals surface area contributed by atoms with Gasteiger partial charge in [0.25, 0.3) is 11.4 Å². The largest absolute Gasteiger partial charge is 0.449 e. The van der Waals surface area contributed by atoms with Gasteiger partial charge in [0.15, 0.2) is 0 Å². The Morgan fingerprint density at radius 3 is 2.02 bits per heavy atom. The number of hydrogen-bond donors (Lipinski definition) is 2. The number of fused-ring (bicyclic) bond motifs is 1. The first-order valence-corrected chi connectivity index (χ1v) is 16.9. The Balaban J connectivity index is 0.000000286. The molecule has 0 spiro atoms. The second-order valence-corrected chi connectivity index (χ2v) is 12.6. The van der Waals surface area contributed by atoms with Gasteiger partial charge >= 0.3 is 12.2 Å². The Bertz CT molecular complexity index is 1840. The minimum Gasteiger partial charge on any atom is -0.449 e. The molecule has 3 aromatic carbocycles. The second kappa shape index (κ2) is 23.1. The van der Waals surface area contributed by atoms with Gasteiger partial charge in [0, 0.05) is 29.8 Å². The molecule has 0 fully saturated rings. The van der Waals surface area contributed by atoms with Crippen molar-refractivity contribution in [2.45, 2.75) is 47.3 Å². The fraction of sp³-hybridized carbons (Fsp3) is 0.378. The van der Waals surface area contributed by atoms with Crippen LogP contribution >= 0.6 is 0 Å². The standard InChI is InChI=1S/C14H17N3O4.C14H19N3O2.C9H9N3O2/c1-11(2)10-21-14(18)16(8-7-15)9-12-5-3-4-6-13(12)17(19)20;1-10(2)9-19-14(18)17-7-11-5-3-4-6-12(11)16-13(15)8-17;10-5-6-11-7-8-3-1-2-4-9(8)12(13)14/h3-6,11H,8-10H2,1-2H3;3-6,10H,7-9H2,1-2H3,(H2,15,16);1-4,11H,6-7H2. The van der Waals surface area contributed by atoms with Crippen LogP contribution < -0.4 is 11.1 Å². The number of hydrogen-bond acceptors (Lipinski definition) is 13. The molecule has 1 aliphatic rings. The molecule has 54 heavy (non-hydrogen) atoms. The van der Waals surface area contributed by atoms with Gasteiger partial charge < -0.3 is 20.5 Å². The van der Waals surface area contributed by atoms with E-state index in [0.717, 1.165) is 16.2 Å². The van der Waals surface area contributed by atoms with E-state index in [1.165, 1.54) is 12.1 Å². The summed E-state index contributed by atoms with van der Waals surface area (Å²) in [6.45, 7) is 9.49. The molecule has 0 bridgehead atoms. The summed E-state index contributed by atoms with van der Waals surface area (Å²) >= 11 is 0. The summed E-state index contributed by atoms with van der Waals surface area (Å²) in [4.78, 5) is 51.5. The zero-order valence-corrected chi connectivity index (χ0v) is 30.7. The number of amides is 2. The first-order valence-electron chi connectivity index (χ1n) is 16.9. The van der Waals surface area contributed by atoms with E-state index in [1.807, 2.05) is 64.1 Å². The maximum Gasteiger partial charge on any atom is 0.410 e. The highest BCUT2D eigenvalue weighted by Crippen LogP contribution is 2.24. The van der Waals surface area contributed by atoms with Crippen LogP contribution in [0, 0.1) is 54.7 Å². The highest BCUT2D eigenvalue weighted by Gasteiger charge is 2.22. The lowest BCUT2D eigenvalue weighted by Gasteiger charge is -2.20. The van der Waals surface area contributed by atoms with Crippen LogP contribution in [0.15, 0.2) is 77.8 Å². The van der Waals surface area contributed by atoms with Crippen LogP contribution in [0.5, 0.6) is 0 Å². The van der Waals surface area contributed by atoms with Crippen LogP contribution in [0.3, 0.4) is 0 Å². The zero-order valence-electron chi connectivity index (χ0n) is 30.7. The fourth-order valence-corrected chi connectivity index (χ4v) is 4.58. The van der Waals surface area contributed by atoms with Crippen LogP contribution in [0.25, 0.3) is 0 Å². The number of nitro groups is 2. The Morgan fingerprint density at radius 1 is 0.870 bits per heavy atom. The summed E-state index contributed by atoms with van der Waals surface area (Å²) in [5.41, 5.74) is 8.58. The summed E-state index contributed by atoms with van der Waals surface area (Å²) < 4.78 is 10.3. The first-order chi connectivity index (χ1) is 25.8. The molecule has 3 aromatic rings. The molecule has 1 heterocycles. The van der Waals surface area contributed by atoms with Crippen molar-refractivity contribution in [1.82, 2.24) is 15.1 Å². The van der Waals surface area contributed by atoms with Gasteiger partial charge in [0.2, 0.25) is 0 Å². The van der Waals surface area contributed by atoms with Crippen molar-refractivity contribution in [1.29, 1.82) is 10.5 Å². The van der Waals surface area contributed by atoms with Crippen molar-refractivity contribution < 1.29 is 28.9 Å². The number of nitriles is 2. The summed E-state index contributed by atoms with van der Waals surface area (Å²) in [6.07, 6.45) is -0.994. The maximum atomic E-state index is 12.0. The van der Waals surface area contributed by atoms with Gasteiger partial charge in [-0.25, -0.2) is 14.6 Å². The number of aliphatic imine (C=N–C) groups is 1. The molecule has 0 saturated heterocycles. The third-order valence-electron chi connectivity index (χ3n) is 7.09. The monoisotopic (exact) mass is 743 g/mol. The van der Waals surface area contributed by atoms with Gasteiger partial charge in [-0.2, -0.15) is 10.5 Å². The molecule has 17 heteroatoms. The lowest BCUT2D eigenvalue weighted by atomic mass is 10.1. The predicted molar refractivity (Wildman–Crippen MR) is 200 cm³/mol. The molecule has 0 atom stereocenters. The average Bonchev–Trinajstić information content (AvgIpc) is 3.31. The van der Waals surface area contributed by atoms with Crippen LogP contribution in [0.2, 0.25) is 0 Å². The molecule has 4 rings (SSSR count). The molecule has 0 saturated carbocycles. The Kier molecular flexibility index (Phi) is 18.6. The third-order valence-corrected chi connectivity index (χ3v) is 7.09. The topological polar surface area (TPSA) is 243 Å². The summed E-state index contributed by atoms with van der Waals surface area (Å²) in [6, 6.07) is 24.0. The first kappa shape index (κ1) is 43.6. The van der Waals surface area contributed by atoms with Crippen molar-refractivity contribution in [3.63, 3.8) is 0 Å². The van der Waals surface area contributed by atoms with Gasteiger partial charge in [0.1, 0.15) is 12.4 Å². The average molecular weight is 744 g/mol. The van der Waals surface area contributed by atoms with Crippen molar-refractivity contribution >= 4 is 35.1 Å². The van der Waals surface area contributed by atoms with Gasteiger partial charge in [-0.15, -0.1) is 0 Å². The Morgan fingerprint density at radius 2 is 1.43 bits per heavy atom. The SMILES string of the molecule is CC(C)COC(=O)N(CC#N)Cc1ccccc1[N+](=O)[O-].CC(C)COC(=O)N1CC(N)=Nc2ccccc2C1.N#CCNCc1ccccc1[N+](=O)[O-]. The van der Waals surface area contributed by atoms with E-state index in [-0.39, 0.29) is 49.6 Å². The van der Waals surface area contributed by atoms with Crippen molar-refractivity contribution in [2.24, 2.45) is 22.6 Å². The molecule has 0 aromatic heterocycles. The van der Waals surface area contributed by atoms with Crippen LogP contribution in [0.4, 0.5) is 26.7 Å². The molecule has 17 nitrogen and oxygen atoms in total. The number of para-hydroxylation sites is 3. The van der Waals surface area contributed by atoms with Crippen LogP contribution in [-0.4, -0.2) is 70.5 Å². The normalized spacial score (nSPS) is 11.5. The molecule has 0 radical (unpaired) electrons. The van der Waals surface area contributed by atoms with Gasteiger partial charge in [-0.05, 0) is 23.5 Å². The molecular weight excluding hydrogens is 698 g/mol. The summed E-state index contributed by atoms with van der Waals surface area (Å²) in [5, 5.41) is 41.4. The third kappa shape index (κ3) is 15.3. The number of benzene rings is 3. The molecule has 1 aliphatic heterocycles. The van der Waals surface area contributed by atoms with Crippen molar-refractivity contribution in [2.75, 3.05) is 32.8 Å². The number of amidine groups is 1. The molecule has 3 N–H and O–H groups in total. The van der Waals surface area contributed by atoms with Crippen LogP contribution in [-0.2, 0) is 29.1 Å². The summed E-state index contributed by atoms with van der Waals surface area (Å²) in [7, 11) is 0. The smallest absolute Gasteiger partial charge is 0.410 e. The Labute approximate surface area is 313 Å². The number of carbonyl (C=O) groups excluding carboxylic acids is 2. The lowest BCUT2D eigenvalue weighted by Crippen LogP contribution is -2.37. The fourth-order valence-electron chi connectivity index (χ4n) is 4.58. The minimum absolute atomic E-state index is 0.0400. The molecule has 2 amide bonds. The van der Waals surface area contributed by atoms with E-state index < -0.39 is 15.9 Å². The number of rotatable bonds is 12. The van der Waals surface area contributed by atoms with Crippen molar-refractivity contribution in [3.8, 4) is 12.1 Å². The number of nitrogens with zero attached hydrogens (tertiary/aromatic N) is 7. The van der Waals surface area contributed by atoms with Gasteiger partial charge in [-0.1, -0.05) is 82.3 Å². The highest BCUT2D eigenvalue weighted by molar-refractivity contribution is 5.88. The molecular formula is C37H45N9O8. The molecule has 0 aliphatic carbocycles. The van der Waals surface area contributed by atoms with E-state index >= 15 is 0 Å². The van der Waals surface area contributed by atoms with E-state index in [4.69, 9.17) is 25.7 Å². The van der Waals surface area contributed by atoms with Gasteiger partial charge in [0.05, 0.1) is 67.1 Å². The van der Waals surface area contributed by atoms with E-state index in [1.54, 1.807) is 41.3 Å². The number of carbonyl (C=O) groups is 2. The minimum atomic E-state index is -0.650. The van der Waals surface area contributed by atoms with Crippen molar-refractivity contribution in [3.05, 3.63) is 110 Å². The van der Waals surface area contributed by atoms with Gasteiger partial charge in [-0.3, -0.25) is 30.0 Å². The number of nitrogens with two attached hydrogens (primary N) is 1. The maximum absolute atomic E-state index is 12.0. The zero-order chi connectivity index (χ0) is 40.0. The highest BCUT2D eigenvalue weighted by atomic mass is 16.6. The second-order valence-electron chi connectivity index (χ2n) is 12.6. The predicted octanol–water partition coefficient (Wildman–Crippen LogP) is 6.20.